The van der Waals surface area contributed by atoms with Crippen molar-refractivity contribution in [1.29, 1.82) is 0 Å². The molecule has 4 nitrogen and oxygen atoms in total. The lowest BCUT2D eigenvalue weighted by Crippen LogP contribution is -2.26. The van der Waals surface area contributed by atoms with Crippen molar-refractivity contribution >= 4 is 5.82 Å². The maximum Gasteiger partial charge on any atom is 0.141 e. The van der Waals surface area contributed by atoms with Crippen molar-refractivity contribution in [2.45, 2.75) is 26.3 Å². The first kappa shape index (κ1) is 12.1. The standard InChI is InChI=1S/C14H17FN4/c1-9-4-10(5-9)8-19-14(16)6-13(18-19)12-3-2-11(15)7-17-12/h2-3,6-7,9-10H,4-5,8,16H2,1H3. The molecule has 2 aromatic rings. The fourth-order valence-electron chi connectivity index (χ4n) is 2.69. The van der Waals surface area contributed by atoms with E-state index in [9.17, 15) is 4.39 Å². The average Bonchev–Trinajstić information content (AvgIpc) is 2.70. The van der Waals surface area contributed by atoms with Crippen LogP contribution in [0, 0.1) is 17.7 Å². The largest absolute Gasteiger partial charge is 0.384 e. The van der Waals surface area contributed by atoms with Crippen LogP contribution in [-0.2, 0) is 6.54 Å². The summed E-state index contributed by atoms with van der Waals surface area (Å²) in [5, 5.41) is 4.46. The minimum atomic E-state index is -0.348. The first-order chi connectivity index (χ1) is 9.11. The third-order valence-corrected chi connectivity index (χ3v) is 3.70. The Hall–Kier alpha value is -1.91. The summed E-state index contributed by atoms with van der Waals surface area (Å²) in [5.41, 5.74) is 7.31. The van der Waals surface area contributed by atoms with Crippen LogP contribution in [0.1, 0.15) is 19.8 Å². The van der Waals surface area contributed by atoms with Crippen LogP contribution in [0.15, 0.2) is 24.4 Å². The van der Waals surface area contributed by atoms with Crippen molar-refractivity contribution in [2.75, 3.05) is 5.73 Å². The van der Waals surface area contributed by atoms with E-state index < -0.39 is 0 Å². The molecular formula is C14H17FN4. The minimum absolute atomic E-state index is 0.348. The van der Waals surface area contributed by atoms with E-state index in [4.69, 9.17) is 5.73 Å². The number of nitrogen functional groups attached to an aromatic ring is 1. The molecule has 0 spiro atoms. The summed E-state index contributed by atoms with van der Waals surface area (Å²) in [5.74, 6) is 1.78. The van der Waals surface area contributed by atoms with Crippen molar-refractivity contribution in [2.24, 2.45) is 11.8 Å². The van der Waals surface area contributed by atoms with Crippen molar-refractivity contribution < 1.29 is 4.39 Å². The first-order valence-electron chi connectivity index (χ1n) is 6.57. The highest BCUT2D eigenvalue weighted by Gasteiger charge is 2.26. The third-order valence-electron chi connectivity index (χ3n) is 3.70. The molecule has 0 bridgehead atoms. The van der Waals surface area contributed by atoms with Crippen molar-refractivity contribution in [1.82, 2.24) is 14.8 Å². The predicted octanol–water partition coefficient (Wildman–Crippen LogP) is 2.71. The van der Waals surface area contributed by atoms with E-state index in [0.717, 1.165) is 12.5 Å². The Morgan fingerprint density at radius 2 is 2.16 bits per heavy atom. The molecule has 100 valence electrons. The van der Waals surface area contributed by atoms with E-state index in [0.29, 0.717) is 23.1 Å². The molecular weight excluding hydrogens is 243 g/mol. The smallest absolute Gasteiger partial charge is 0.141 e. The number of nitrogens with two attached hydrogens (primary N) is 1. The molecule has 19 heavy (non-hydrogen) atoms. The molecule has 0 radical (unpaired) electrons. The molecule has 0 aliphatic heterocycles. The fraction of sp³-hybridized carbons (Fsp3) is 0.429. The number of halogens is 1. The topological polar surface area (TPSA) is 56.7 Å². The molecule has 2 aromatic heterocycles. The molecule has 2 N–H and O–H groups in total. The maximum atomic E-state index is 12.8. The lowest BCUT2D eigenvalue weighted by Gasteiger charge is -2.32. The zero-order valence-electron chi connectivity index (χ0n) is 10.9. The summed E-state index contributed by atoms with van der Waals surface area (Å²) in [6, 6.07) is 4.79. The van der Waals surface area contributed by atoms with Gasteiger partial charge in [-0.15, -0.1) is 0 Å². The highest BCUT2D eigenvalue weighted by atomic mass is 19.1. The predicted molar refractivity (Wildman–Crippen MR) is 71.7 cm³/mol. The molecule has 1 aliphatic rings. The molecule has 0 amide bonds. The number of anilines is 1. The Bertz CT molecular complexity index is 570. The summed E-state index contributed by atoms with van der Waals surface area (Å²) < 4.78 is 14.7. The van der Waals surface area contributed by atoms with Crippen LogP contribution < -0.4 is 5.73 Å². The molecule has 2 heterocycles. The van der Waals surface area contributed by atoms with Gasteiger partial charge in [0.1, 0.15) is 17.3 Å². The Morgan fingerprint density at radius 3 is 2.79 bits per heavy atom. The van der Waals surface area contributed by atoms with Crippen LogP contribution in [0.25, 0.3) is 11.4 Å². The zero-order chi connectivity index (χ0) is 13.4. The SMILES string of the molecule is CC1CC(Cn2nc(-c3ccc(F)cn3)cc2N)C1. The third kappa shape index (κ3) is 2.45. The van der Waals surface area contributed by atoms with Gasteiger partial charge in [0.05, 0.1) is 11.9 Å². The quantitative estimate of drug-likeness (QED) is 0.923. The minimum Gasteiger partial charge on any atom is -0.384 e. The zero-order valence-corrected chi connectivity index (χ0v) is 10.9. The number of rotatable bonds is 3. The van der Waals surface area contributed by atoms with Crippen LogP contribution in [0.5, 0.6) is 0 Å². The molecule has 1 aliphatic carbocycles. The molecule has 0 unspecified atom stereocenters. The van der Waals surface area contributed by atoms with Gasteiger partial charge in [-0.05, 0) is 36.8 Å². The molecule has 3 rings (SSSR count). The summed E-state index contributed by atoms with van der Waals surface area (Å²) in [4.78, 5) is 4.02. The van der Waals surface area contributed by atoms with Gasteiger partial charge in [-0.3, -0.25) is 4.98 Å². The van der Waals surface area contributed by atoms with Gasteiger partial charge in [-0.2, -0.15) is 5.10 Å². The Kier molecular flexibility index (Phi) is 2.97. The highest BCUT2D eigenvalue weighted by molar-refractivity contribution is 5.57. The second kappa shape index (κ2) is 4.64. The van der Waals surface area contributed by atoms with E-state index in [1.165, 1.54) is 25.1 Å². The van der Waals surface area contributed by atoms with E-state index >= 15 is 0 Å². The van der Waals surface area contributed by atoms with Gasteiger partial charge in [-0.1, -0.05) is 6.92 Å². The van der Waals surface area contributed by atoms with Crippen LogP contribution >= 0.6 is 0 Å². The fourth-order valence-corrected chi connectivity index (χ4v) is 2.69. The number of aromatic nitrogens is 3. The molecule has 1 fully saturated rings. The Balaban J connectivity index is 1.78. The second-order valence-corrected chi connectivity index (χ2v) is 5.44. The normalized spacial score (nSPS) is 22.2. The maximum absolute atomic E-state index is 12.8. The Labute approximate surface area is 111 Å². The Morgan fingerprint density at radius 1 is 1.37 bits per heavy atom. The van der Waals surface area contributed by atoms with Crippen LogP contribution in [0.3, 0.4) is 0 Å². The van der Waals surface area contributed by atoms with Gasteiger partial charge in [-0.25, -0.2) is 9.07 Å². The van der Waals surface area contributed by atoms with Crippen molar-refractivity contribution in [3.63, 3.8) is 0 Å². The summed E-state index contributed by atoms with van der Waals surface area (Å²) in [6.45, 7) is 3.12. The van der Waals surface area contributed by atoms with Gasteiger partial charge in [0.25, 0.3) is 0 Å². The summed E-state index contributed by atoms with van der Waals surface area (Å²) >= 11 is 0. The van der Waals surface area contributed by atoms with E-state index in [-0.39, 0.29) is 5.82 Å². The van der Waals surface area contributed by atoms with Crippen molar-refractivity contribution in [3.05, 3.63) is 30.2 Å². The van der Waals surface area contributed by atoms with Crippen LogP contribution in [0.4, 0.5) is 10.2 Å². The van der Waals surface area contributed by atoms with Gasteiger partial charge < -0.3 is 5.73 Å². The molecule has 1 saturated carbocycles. The van der Waals surface area contributed by atoms with Gasteiger partial charge in [0.2, 0.25) is 0 Å². The van der Waals surface area contributed by atoms with E-state index in [1.54, 1.807) is 12.1 Å². The van der Waals surface area contributed by atoms with Crippen LogP contribution in [-0.4, -0.2) is 14.8 Å². The van der Waals surface area contributed by atoms with Gasteiger partial charge >= 0.3 is 0 Å². The average molecular weight is 260 g/mol. The number of pyridine rings is 1. The first-order valence-corrected chi connectivity index (χ1v) is 6.57. The summed E-state index contributed by atoms with van der Waals surface area (Å²) in [7, 11) is 0. The molecule has 5 heteroatoms. The highest BCUT2D eigenvalue weighted by Crippen LogP contribution is 2.34. The summed E-state index contributed by atoms with van der Waals surface area (Å²) in [6.07, 6.45) is 3.67. The monoisotopic (exact) mass is 260 g/mol. The number of nitrogens with zero attached hydrogens (tertiary/aromatic N) is 3. The second-order valence-electron chi connectivity index (χ2n) is 5.44. The number of hydrogen-bond donors (Lipinski definition) is 1. The van der Waals surface area contributed by atoms with E-state index in [2.05, 4.69) is 17.0 Å². The molecule has 0 saturated heterocycles. The number of hydrogen-bond acceptors (Lipinski definition) is 3. The van der Waals surface area contributed by atoms with Crippen LogP contribution in [0.2, 0.25) is 0 Å². The van der Waals surface area contributed by atoms with Gasteiger partial charge in [0, 0.05) is 12.6 Å². The van der Waals surface area contributed by atoms with Crippen molar-refractivity contribution in [3.8, 4) is 11.4 Å². The lowest BCUT2D eigenvalue weighted by molar-refractivity contribution is 0.183. The van der Waals surface area contributed by atoms with Gasteiger partial charge in [0.15, 0.2) is 0 Å². The lowest BCUT2D eigenvalue weighted by atomic mass is 9.76. The van der Waals surface area contributed by atoms with E-state index in [1.807, 2.05) is 4.68 Å². The molecule has 0 atom stereocenters. The molecule has 0 aromatic carbocycles.